The summed E-state index contributed by atoms with van der Waals surface area (Å²) in [6, 6.07) is 1.98. The third-order valence-corrected chi connectivity index (χ3v) is 7.65. The molecule has 0 bridgehead atoms. The van der Waals surface area contributed by atoms with Crippen molar-refractivity contribution in [3.05, 3.63) is 70.9 Å². The number of aromatic hydroxyl groups is 2. The van der Waals surface area contributed by atoms with Crippen LogP contribution in [0.5, 0.6) is 11.5 Å². The van der Waals surface area contributed by atoms with Gasteiger partial charge in [-0.3, -0.25) is 0 Å². The van der Waals surface area contributed by atoms with E-state index in [2.05, 4.69) is 53.0 Å². The van der Waals surface area contributed by atoms with E-state index in [4.69, 9.17) is 0 Å². The van der Waals surface area contributed by atoms with Crippen LogP contribution in [-0.4, -0.2) is 10.2 Å². The molecule has 0 saturated heterocycles. The van der Waals surface area contributed by atoms with Gasteiger partial charge in [0.25, 0.3) is 0 Å². The van der Waals surface area contributed by atoms with Crippen molar-refractivity contribution in [1.29, 1.82) is 0 Å². The minimum absolute atomic E-state index is 0.0954. The molecule has 1 aromatic carbocycles. The zero-order chi connectivity index (χ0) is 26.0. The molecule has 0 saturated carbocycles. The minimum Gasteiger partial charge on any atom is -0.507 e. The summed E-state index contributed by atoms with van der Waals surface area (Å²) in [4.78, 5) is 0. The number of unbranched alkanes of at least 4 members (excludes halogenated alkanes) is 4. The summed E-state index contributed by atoms with van der Waals surface area (Å²) in [5, 5.41) is 22.8. The van der Waals surface area contributed by atoms with E-state index in [1.54, 1.807) is 6.08 Å². The summed E-state index contributed by atoms with van der Waals surface area (Å²) >= 11 is 0. The van der Waals surface area contributed by atoms with Gasteiger partial charge in [0.1, 0.15) is 11.5 Å². The van der Waals surface area contributed by atoms with Crippen LogP contribution in [0.3, 0.4) is 0 Å². The van der Waals surface area contributed by atoms with Gasteiger partial charge in [-0.05, 0) is 90.2 Å². The molecule has 2 aliphatic rings. The van der Waals surface area contributed by atoms with Crippen LogP contribution in [0, 0.1) is 5.92 Å². The molecule has 0 amide bonds. The van der Waals surface area contributed by atoms with Crippen molar-refractivity contribution >= 4 is 0 Å². The molecule has 0 heterocycles. The Morgan fingerprint density at radius 3 is 2.29 bits per heavy atom. The fraction of sp³-hybridized carbons (Fsp3) is 0.576. The summed E-state index contributed by atoms with van der Waals surface area (Å²) in [6.07, 6.45) is 18.7. The van der Waals surface area contributed by atoms with Crippen LogP contribution in [-0.2, 0) is 6.42 Å². The first-order valence-electron chi connectivity index (χ1n) is 13.9. The van der Waals surface area contributed by atoms with Gasteiger partial charge in [0.15, 0.2) is 0 Å². The second kappa shape index (κ2) is 14.4. The Morgan fingerprint density at radius 2 is 1.66 bits per heavy atom. The van der Waals surface area contributed by atoms with E-state index in [-0.39, 0.29) is 17.6 Å². The summed E-state index contributed by atoms with van der Waals surface area (Å²) in [7, 11) is 0. The van der Waals surface area contributed by atoms with Crippen molar-refractivity contribution in [2.45, 2.75) is 117 Å². The second-order valence-electron chi connectivity index (χ2n) is 10.8. The molecule has 0 aliphatic heterocycles. The molecular weight excluding hydrogens is 428 g/mol. The van der Waals surface area contributed by atoms with E-state index >= 15 is 0 Å². The van der Waals surface area contributed by atoms with Crippen molar-refractivity contribution in [2.75, 3.05) is 0 Å². The summed E-state index contributed by atoms with van der Waals surface area (Å²) in [5.74, 6) is 1.18. The van der Waals surface area contributed by atoms with Gasteiger partial charge >= 0.3 is 0 Å². The quantitative estimate of drug-likeness (QED) is 0.274. The van der Waals surface area contributed by atoms with Crippen LogP contribution in [0.25, 0.3) is 0 Å². The standard InChI is InChI=1S/C30H44O2.C3H6/c1-6-7-8-9-10-13-24-19-27(31)29(23-14-11-12-21(4)17-23)30(32)28(24)26-18-22(5)15-16-25(26)20(2)3;1-3-2/h17-19,23,25-26,31-32H,2,6-16H2,1,3-5H3;3H,1H2,2H3/t23?,25?,26-;/m1./s1. The summed E-state index contributed by atoms with van der Waals surface area (Å²) in [6.45, 7) is 18.3. The summed E-state index contributed by atoms with van der Waals surface area (Å²) in [5.41, 5.74) is 6.86. The zero-order valence-electron chi connectivity index (χ0n) is 23.1. The monoisotopic (exact) mass is 478 g/mol. The van der Waals surface area contributed by atoms with Gasteiger partial charge in [0, 0.05) is 23.0 Å². The van der Waals surface area contributed by atoms with Crippen molar-refractivity contribution < 1.29 is 10.2 Å². The van der Waals surface area contributed by atoms with E-state index in [9.17, 15) is 10.2 Å². The molecule has 2 nitrogen and oxygen atoms in total. The van der Waals surface area contributed by atoms with Gasteiger partial charge in [-0.25, -0.2) is 0 Å². The van der Waals surface area contributed by atoms with Crippen LogP contribution in [0.15, 0.2) is 54.2 Å². The number of hydrogen-bond acceptors (Lipinski definition) is 2. The molecule has 194 valence electrons. The Kier molecular flexibility index (Phi) is 11.9. The smallest absolute Gasteiger partial charge is 0.127 e. The molecule has 2 aliphatic carbocycles. The number of benzene rings is 1. The normalized spacial score (nSPS) is 21.9. The molecule has 2 N–H and O–H groups in total. The number of hydrogen-bond donors (Lipinski definition) is 2. The number of phenolic OH excluding ortho intramolecular Hbond substituents is 2. The van der Waals surface area contributed by atoms with Crippen LogP contribution in [0.4, 0.5) is 0 Å². The van der Waals surface area contributed by atoms with Gasteiger partial charge in [-0.2, -0.15) is 0 Å². The Labute approximate surface area is 215 Å². The molecule has 0 spiro atoms. The summed E-state index contributed by atoms with van der Waals surface area (Å²) < 4.78 is 0. The highest BCUT2D eigenvalue weighted by molar-refractivity contribution is 5.59. The molecule has 2 heteroatoms. The zero-order valence-corrected chi connectivity index (χ0v) is 23.1. The minimum atomic E-state index is 0.0954. The van der Waals surface area contributed by atoms with Gasteiger partial charge in [0.2, 0.25) is 0 Å². The van der Waals surface area contributed by atoms with Gasteiger partial charge in [0.05, 0.1) is 0 Å². The Balaban J connectivity index is 0.00000137. The lowest BCUT2D eigenvalue weighted by Gasteiger charge is -2.34. The molecular formula is C33H50O2. The lowest BCUT2D eigenvalue weighted by Crippen LogP contribution is -2.19. The maximum Gasteiger partial charge on any atom is 0.127 e. The van der Waals surface area contributed by atoms with Crippen LogP contribution in [0.2, 0.25) is 0 Å². The van der Waals surface area contributed by atoms with Crippen molar-refractivity contribution in [3.63, 3.8) is 0 Å². The largest absolute Gasteiger partial charge is 0.507 e. The molecule has 35 heavy (non-hydrogen) atoms. The van der Waals surface area contributed by atoms with Crippen LogP contribution in [0.1, 0.15) is 127 Å². The highest BCUT2D eigenvalue weighted by Gasteiger charge is 2.33. The highest BCUT2D eigenvalue weighted by atomic mass is 16.3. The number of rotatable bonds is 9. The lowest BCUT2D eigenvalue weighted by molar-refractivity contribution is 0.407. The van der Waals surface area contributed by atoms with Crippen molar-refractivity contribution in [2.24, 2.45) is 5.92 Å². The number of allylic oxidation sites excluding steroid dienone is 6. The molecule has 0 radical (unpaired) electrons. The first-order valence-corrected chi connectivity index (χ1v) is 13.9. The first-order chi connectivity index (χ1) is 16.7. The van der Waals surface area contributed by atoms with Gasteiger partial charge in [-0.15, -0.1) is 6.58 Å². The van der Waals surface area contributed by atoms with E-state index in [1.165, 1.54) is 42.4 Å². The first kappa shape index (κ1) is 29.0. The fourth-order valence-corrected chi connectivity index (χ4v) is 5.85. The molecule has 3 atom stereocenters. The Morgan fingerprint density at radius 1 is 1.00 bits per heavy atom. The predicted molar refractivity (Wildman–Crippen MR) is 152 cm³/mol. The Bertz CT molecular complexity index is 918. The van der Waals surface area contributed by atoms with Crippen molar-refractivity contribution in [3.8, 4) is 11.5 Å². The highest BCUT2D eigenvalue weighted by Crippen LogP contribution is 2.50. The van der Waals surface area contributed by atoms with Crippen molar-refractivity contribution in [1.82, 2.24) is 0 Å². The number of aryl methyl sites for hydroxylation is 1. The lowest BCUT2D eigenvalue weighted by atomic mass is 9.71. The van der Waals surface area contributed by atoms with Crippen LogP contribution < -0.4 is 0 Å². The van der Waals surface area contributed by atoms with Crippen LogP contribution >= 0.6 is 0 Å². The van der Waals surface area contributed by atoms with Gasteiger partial charge in [-0.1, -0.05) is 74.1 Å². The maximum absolute atomic E-state index is 11.7. The second-order valence-corrected chi connectivity index (χ2v) is 10.8. The molecule has 0 fully saturated rings. The average Bonchev–Trinajstić information content (AvgIpc) is 2.79. The average molecular weight is 479 g/mol. The van der Waals surface area contributed by atoms with E-state index in [0.717, 1.165) is 61.6 Å². The SMILES string of the molecule is C=C(C)C1CCC(C)=C[C@H]1c1c(CCCCCCC)cc(O)c(C2C=C(C)CCC2)c1O.C=CC. The van der Waals surface area contributed by atoms with E-state index < -0.39 is 0 Å². The van der Waals surface area contributed by atoms with E-state index in [0.29, 0.717) is 11.7 Å². The third kappa shape index (κ3) is 7.89. The maximum atomic E-state index is 11.7. The number of phenols is 2. The Hall–Kier alpha value is -2.22. The predicted octanol–water partition coefficient (Wildman–Crippen LogP) is 10.0. The third-order valence-electron chi connectivity index (χ3n) is 7.65. The molecule has 3 rings (SSSR count). The molecule has 1 aromatic rings. The topological polar surface area (TPSA) is 40.5 Å². The molecule has 0 aromatic heterocycles. The fourth-order valence-electron chi connectivity index (χ4n) is 5.85. The molecule has 2 unspecified atom stereocenters. The van der Waals surface area contributed by atoms with E-state index in [1.807, 2.05) is 13.0 Å². The van der Waals surface area contributed by atoms with Gasteiger partial charge < -0.3 is 10.2 Å².